The van der Waals surface area contributed by atoms with Gasteiger partial charge in [-0.2, -0.15) is 0 Å². The van der Waals surface area contributed by atoms with Gasteiger partial charge in [0, 0.05) is 13.0 Å². The first-order chi connectivity index (χ1) is 9.02. The lowest BCUT2D eigenvalue weighted by atomic mass is 9.75. The Hall–Kier alpha value is -0.860. The lowest BCUT2D eigenvalue weighted by molar-refractivity contribution is -0.369. The van der Waals surface area contributed by atoms with E-state index in [2.05, 4.69) is 50.8 Å². The van der Waals surface area contributed by atoms with Crippen LogP contribution in [-0.4, -0.2) is 18.8 Å². The van der Waals surface area contributed by atoms with Crippen LogP contribution in [-0.2, 0) is 4.74 Å². The average molecular weight is 262 g/mol. The fraction of sp³-hybridized carbons (Fsp3) is 0.647. The zero-order chi connectivity index (χ0) is 13.9. The molecule has 0 aromatic heterocycles. The van der Waals surface area contributed by atoms with Crippen LogP contribution in [0.3, 0.4) is 0 Å². The maximum Gasteiger partial charge on any atom is 0.0745 e. The van der Waals surface area contributed by atoms with Crippen molar-refractivity contribution in [2.24, 2.45) is 5.92 Å². The number of quaternary nitrogens is 1. The van der Waals surface area contributed by atoms with E-state index in [-0.39, 0.29) is 5.60 Å². The van der Waals surface area contributed by atoms with Crippen LogP contribution in [0.25, 0.3) is 0 Å². The number of aryl methyl sites for hydroxylation is 1. The highest BCUT2D eigenvalue weighted by atomic mass is 16.5. The van der Waals surface area contributed by atoms with E-state index in [1.165, 1.54) is 24.0 Å². The van der Waals surface area contributed by atoms with Crippen molar-refractivity contribution >= 4 is 0 Å². The molecule has 0 aliphatic carbocycles. The summed E-state index contributed by atoms with van der Waals surface area (Å²) in [4.78, 5) is 0. The van der Waals surface area contributed by atoms with Gasteiger partial charge in [-0.25, -0.2) is 0 Å². The molecule has 2 heteroatoms. The Kier molecular flexibility index (Phi) is 4.64. The van der Waals surface area contributed by atoms with Crippen molar-refractivity contribution in [3.05, 3.63) is 35.4 Å². The predicted molar refractivity (Wildman–Crippen MR) is 79.0 cm³/mol. The summed E-state index contributed by atoms with van der Waals surface area (Å²) in [6.07, 6.45) is 3.53. The fourth-order valence-corrected chi connectivity index (χ4v) is 3.33. The third-order valence-electron chi connectivity index (χ3n) is 4.32. The van der Waals surface area contributed by atoms with Crippen molar-refractivity contribution in [2.75, 3.05) is 13.2 Å². The molecule has 0 unspecified atom stereocenters. The quantitative estimate of drug-likeness (QED) is 0.890. The van der Waals surface area contributed by atoms with Crippen LogP contribution in [0.5, 0.6) is 0 Å². The highest BCUT2D eigenvalue weighted by Gasteiger charge is 2.33. The zero-order valence-corrected chi connectivity index (χ0v) is 12.6. The van der Waals surface area contributed by atoms with Gasteiger partial charge in [0.05, 0.1) is 12.1 Å². The van der Waals surface area contributed by atoms with Crippen LogP contribution in [0.4, 0.5) is 0 Å². The molecular formula is C17H28NO+. The van der Waals surface area contributed by atoms with Gasteiger partial charge in [-0.05, 0) is 51.0 Å². The molecule has 0 amide bonds. The summed E-state index contributed by atoms with van der Waals surface area (Å²) in [5.74, 6) is 1.37. The Morgan fingerprint density at radius 3 is 2.58 bits per heavy atom. The second-order valence-electron chi connectivity index (χ2n) is 6.52. The van der Waals surface area contributed by atoms with Crippen molar-refractivity contribution in [3.8, 4) is 0 Å². The fourth-order valence-electron chi connectivity index (χ4n) is 3.33. The van der Waals surface area contributed by atoms with E-state index < -0.39 is 0 Å². The van der Waals surface area contributed by atoms with Gasteiger partial charge in [-0.3, -0.25) is 0 Å². The molecule has 2 rings (SSSR count). The molecule has 1 fully saturated rings. The first kappa shape index (κ1) is 14.5. The number of hydrogen-bond donors (Lipinski definition) is 1. The molecule has 1 aromatic carbocycles. The largest absolute Gasteiger partial charge is 0.376 e. The number of rotatable bonds is 4. The van der Waals surface area contributed by atoms with Gasteiger partial charge >= 0.3 is 0 Å². The highest BCUT2D eigenvalue weighted by Crippen LogP contribution is 2.39. The van der Waals surface area contributed by atoms with E-state index in [1.54, 1.807) is 0 Å². The Labute approximate surface area is 117 Å². The SMILES string of the molecule is Cc1ccc([C@H](CC[NH3+])[C@H]2CCOC(C)(C)C2)cc1. The van der Waals surface area contributed by atoms with Crippen molar-refractivity contribution in [1.82, 2.24) is 0 Å². The molecule has 106 valence electrons. The molecule has 0 radical (unpaired) electrons. The average Bonchev–Trinajstić information content (AvgIpc) is 2.36. The Morgan fingerprint density at radius 1 is 1.32 bits per heavy atom. The van der Waals surface area contributed by atoms with E-state index in [1.807, 2.05) is 0 Å². The molecule has 1 aromatic rings. The van der Waals surface area contributed by atoms with Crippen molar-refractivity contribution in [3.63, 3.8) is 0 Å². The zero-order valence-electron chi connectivity index (χ0n) is 12.6. The van der Waals surface area contributed by atoms with E-state index in [4.69, 9.17) is 4.74 Å². The van der Waals surface area contributed by atoms with Crippen LogP contribution in [0.1, 0.15) is 50.2 Å². The first-order valence-corrected chi connectivity index (χ1v) is 7.51. The van der Waals surface area contributed by atoms with Crippen molar-refractivity contribution in [2.45, 2.75) is 51.6 Å². The summed E-state index contributed by atoms with van der Waals surface area (Å²) >= 11 is 0. The molecular weight excluding hydrogens is 234 g/mol. The second kappa shape index (κ2) is 6.06. The minimum Gasteiger partial charge on any atom is -0.376 e. The molecule has 1 aliphatic heterocycles. The summed E-state index contributed by atoms with van der Waals surface area (Å²) in [6, 6.07) is 9.07. The third kappa shape index (κ3) is 3.80. The lowest BCUT2D eigenvalue weighted by Crippen LogP contribution is -2.51. The molecule has 1 saturated heterocycles. The molecule has 0 spiro atoms. The van der Waals surface area contributed by atoms with Crippen LogP contribution < -0.4 is 5.73 Å². The molecule has 0 bridgehead atoms. The summed E-state index contributed by atoms with van der Waals surface area (Å²) in [5, 5.41) is 0. The van der Waals surface area contributed by atoms with Gasteiger partial charge in [0.25, 0.3) is 0 Å². The van der Waals surface area contributed by atoms with E-state index in [0.29, 0.717) is 5.92 Å². The van der Waals surface area contributed by atoms with E-state index >= 15 is 0 Å². The lowest BCUT2D eigenvalue weighted by Gasteiger charge is -2.39. The van der Waals surface area contributed by atoms with Crippen LogP contribution >= 0.6 is 0 Å². The van der Waals surface area contributed by atoms with Crippen LogP contribution in [0.2, 0.25) is 0 Å². The Balaban J connectivity index is 2.17. The summed E-state index contributed by atoms with van der Waals surface area (Å²) < 4.78 is 5.86. The van der Waals surface area contributed by atoms with Gasteiger partial charge in [0.1, 0.15) is 0 Å². The summed E-state index contributed by atoms with van der Waals surface area (Å²) in [7, 11) is 0. The number of benzene rings is 1. The summed E-state index contributed by atoms with van der Waals surface area (Å²) in [6.45, 7) is 8.50. The normalized spacial score (nSPS) is 24.1. The Morgan fingerprint density at radius 2 is 2.00 bits per heavy atom. The van der Waals surface area contributed by atoms with Gasteiger partial charge in [0.2, 0.25) is 0 Å². The molecule has 1 aliphatic rings. The topological polar surface area (TPSA) is 36.9 Å². The standard InChI is InChI=1S/C17H27NO/c1-13-4-6-14(7-5-13)16(8-10-18)15-9-11-19-17(2,3)12-15/h4-7,15-16H,8-12,18H2,1-3H3/p+1/t15-,16-/m0/s1. The van der Waals surface area contributed by atoms with Crippen molar-refractivity contribution < 1.29 is 10.5 Å². The molecule has 2 nitrogen and oxygen atoms in total. The van der Waals surface area contributed by atoms with Gasteiger partial charge in [-0.15, -0.1) is 0 Å². The number of ether oxygens (including phenoxy) is 1. The molecule has 1 heterocycles. The molecule has 0 saturated carbocycles. The van der Waals surface area contributed by atoms with Gasteiger partial charge in [0.15, 0.2) is 0 Å². The maximum atomic E-state index is 5.86. The Bertz CT molecular complexity index is 396. The smallest absolute Gasteiger partial charge is 0.0745 e. The highest BCUT2D eigenvalue weighted by molar-refractivity contribution is 5.25. The van der Waals surface area contributed by atoms with Crippen molar-refractivity contribution in [1.29, 1.82) is 0 Å². The van der Waals surface area contributed by atoms with E-state index in [0.717, 1.165) is 25.5 Å². The minimum atomic E-state index is 0.0348. The molecule has 19 heavy (non-hydrogen) atoms. The third-order valence-corrected chi connectivity index (χ3v) is 4.32. The second-order valence-corrected chi connectivity index (χ2v) is 6.52. The maximum absolute atomic E-state index is 5.86. The van der Waals surface area contributed by atoms with Gasteiger partial charge < -0.3 is 10.5 Å². The van der Waals surface area contributed by atoms with E-state index in [9.17, 15) is 0 Å². The predicted octanol–water partition coefficient (Wildman–Crippen LogP) is 2.92. The monoisotopic (exact) mass is 262 g/mol. The number of hydrogen-bond acceptors (Lipinski definition) is 1. The molecule has 2 atom stereocenters. The summed E-state index contributed by atoms with van der Waals surface area (Å²) in [5.41, 5.74) is 6.92. The van der Waals surface area contributed by atoms with Crippen LogP contribution in [0, 0.1) is 12.8 Å². The first-order valence-electron chi connectivity index (χ1n) is 7.51. The van der Waals surface area contributed by atoms with Gasteiger partial charge in [-0.1, -0.05) is 29.8 Å². The minimum absolute atomic E-state index is 0.0348. The van der Waals surface area contributed by atoms with Crippen LogP contribution in [0.15, 0.2) is 24.3 Å². The molecule has 3 N–H and O–H groups in total.